The Balaban J connectivity index is 1.51. The summed E-state index contributed by atoms with van der Waals surface area (Å²) in [6, 6.07) is 15.6. The molecule has 0 aliphatic carbocycles. The lowest BCUT2D eigenvalue weighted by molar-refractivity contribution is -0.138. The largest absolute Gasteiger partial charge is 0.425 e. The molecule has 0 fully saturated rings. The molecule has 0 amide bonds. The van der Waals surface area contributed by atoms with Gasteiger partial charge in [-0.05, 0) is 48.4 Å². The van der Waals surface area contributed by atoms with Crippen LogP contribution in [-0.4, -0.2) is 31.7 Å². The van der Waals surface area contributed by atoms with Crippen LogP contribution in [0.4, 0.5) is 0 Å². The first-order valence-corrected chi connectivity index (χ1v) is 10.3. The summed E-state index contributed by atoms with van der Waals surface area (Å²) in [5, 5.41) is 0. The molecule has 3 heterocycles. The van der Waals surface area contributed by atoms with Crippen molar-refractivity contribution in [2.75, 3.05) is 0 Å². The fraction of sp³-hybridized carbons (Fsp3) is 0.120. The molecule has 8 heteroatoms. The monoisotopic (exact) mass is 438 g/mol. The van der Waals surface area contributed by atoms with Crippen molar-refractivity contribution in [2.45, 2.75) is 12.8 Å². The molecule has 0 saturated heterocycles. The van der Waals surface area contributed by atoms with Crippen LogP contribution in [0.25, 0.3) is 0 Å². The van der Waals surface area contributed by atoms with Crippen molar-refractivity contribution in [3.8, 4) is 17.5 Å². The molecule has 2 aromatic carbocycles. The Kier molecular flexibility index (Phi) is 5.32. The molecule has 4 aromatic rings. The van der Waals surface area contributed by atoms with Gasteiger partial charge in [-0.3, -0.25) is 9.59 Å². The molecule has 0 N–H and O–H groups in total. The molecule has 0 radical (unpaired) electrons. The first kappa shape index (κ1) is 20.4. The van der Waals surface area contributed by atoms with Gasteiger partial charge in [0, 0.05) is 24.8 Å². The Morgan fingerprint density at radius 1 is 0.879 bits per heavy atom. The Hall–Kier alpha value is -4.46. The lowest BCUT2D eigenvalue weighted by Crippen LogP contribution is -2.38. The summed E-state index contributed by atoms with van der Waals surface area (Å²) in [4.78, 5) is 43.2. The molecular formula is C25H18N4O4. The van der Waals surface area contributed by atoms with Crippen LogP contribution in [0.5, 0.6) is 17.5 Å². The third-order valence-corrected chi connectivity index (χ3v) is 5.30. The predicted octanol–water partition coefficient (Wildman–Crippen LogP) is 3.92. The van der Waals surface area contributed by atoms with E-state index in [9.17, 15) is 9.59 Å². The number of Topliss-reactive ketones (excluding diaryl/α,β-unsaturated/α-hetero) is 1. The van der Waals surface area contributed by atoms with Gasteiger partial charge in [0.05, 0.1) is 11.5 Å². The molecule has 0 spiro atoms. The number of ketones is 1. The zero-order chi connectivity index (χ0) is 22.8. The Morgan fingerprint density at radius 3 is 2.30 bits per heavy atom. The fourth-order valence-electron chi connectivity index (χ4n) is 3.74. The zero-order valence-electron chi connectivity index (χ0n) is 17.6. The molecular weight excluding hydrogens is 420 g/mol. The minimum Gasteiger partial charge on any atom is -0.425 e. The van der Waals surface area contributed by atoms with E-state index in [2.05, 4.69) is 19.9 Å². The van der Waals surface area contributed by atoms with Crippen molar-refractivity contribution in [3.05, 3.63) is 102 Å². The summed E-state index contributed by atoms with van der Waals surface area (Å²) in [5.74, 6) is -1.68. The van der Waals surface area contributed by atoms with E-state index in [4.69, 9.17) is 9.47 Å². The highest BCUT2D eigenvalue weighted by Gasteiger charge is 2.44. The number of ether oxygens (including phenoxy) is 2. The average molecular weight is 438 g/mol. The number of hydrogen-bond donors (Lipinski definition) is 0. The van der Waals surface area contributed by atoms with Gasteiger partial charge in [0.2, 0.25) is 0 Å². The van der Waals surface area contributed by atoms with E-state index in [-0.39, 0.29) is 17.5 Å². The molecule has 0 saturated carbocycles. The highest BCUT2D eigenvalue weighted by molar-refractivity contribution is 6.14. The minimum absolute atomic E-state index is 0.221. The van der Waals surface area contributed by atoms with Crippen LogP contribution in [0, 0.1) is 12.8 Å². The maximum atomic E-state index is 13.4. The van der Waals surface area contributed by atoms with E-state index < -0.39 is 17.8 Å². The molecule has 2 unspecified atom stereocenters. The van der Waals surface area contributed by atoms with Crippen LogP contribution in [0.2, 0.25) is 0 Å². The van der Waals surface area contributed by atoms with Crippen molar-refractivity contribution in [1.82, 2.24) is 19.9 Å². The molecule has 33 heavy (non-hydrogen) atoms. The van der Waals surface area contributed by atoms with E-state index >= 15 is 0 Å². The van der Waals surface area contributed by atoms with Crippen molar-refractivity contribution in [2.24, 2.45) is 5.92 Å². The average Bonchev–Trinajstić information content (AvgIpc) is 2.84. The zero-order valence-corrected chi connectivity index (χ0v) is 17.6. The number of benzene rings is 2. The molecule has 0 bridgehead atoms. The quantitative estimate of drug-likeness (QED) is 0.262. The van der Waals surface area contributed by atoms with Gasteiger partial charge in [0.25, 0.3) is 0 Å². The second-order valence-electron chi connectivity index (χ2n) is 7.56. The van der Waals surface area contributed by atoms with Crippen molar-refractivity contribution < 1.29 is 19.1 Å². The van der Waals surface area contributed by atoms with E-state index in [1.165, 1.54) is 0 Å². The number of carbonyl (C=O) groups is 2. The molecule has 5 rings (SSSR count). The van der Waals surface area contributed by atoms with E-state index in [1.54, 1.807) is 79.4 Å². The number of para-hydroxylation sites is 1. The molecule has 1 aliphatic heterocycles. The van der Waals surface area contributed by atoms with Crippen molar-refractivity contribution in [1.29, 1.82) is 0 Å². The summed E-state index contributed by atoms with van der Waals surface area (Å²) >= 11 is 0. The van der Waals surface area contributed by atoms with Crippen LogP contribution in [0.3, 0.4) is 0 Å². The van der Waals surface area contributed by atoms with Gasteiger partial charge in [-0.2, -0.15) is 0 Å². The number of fused-ring (bicyclic) bond motifs is 1. The Labute approximate surface area is 189 Å². The molecule has 2 aromatic heterocycles. The number of aryl methyl sites for hydroxylation is 1. The Morgan fingerprint density at radius 2 is 1.58 bits per heavy atom. The molecule has 8 nitrogen and oxygen atoms in total. The van der Waals surface area contributed by atoms with E-state index in [1.807, 2.05) is 6.92 Å². The summed E-state index contributed by atoms with van der Waals surface area (Å²) in [6.45, 7) is 1.89. The Bertz CT molecular complexity index is 1310. The maximum absolute atomic E-state index is 13.4. The van der Waals surface area contributed by atoms with Crippen LogP contribution in [0.15, 0.2) is 79.4 Å². The number of carbonyl (C=O) groups excluding carboxylic acids is 2. The van der Waals surface area contributed by atoms with Gasteiger partial charge in [0.15, 0.2) is 5.78 Å². The summed E-state index contributed by atoms with van der Waals surface area (Å²) < 4.78 is 11.2. The van der Waals surface area contributed by atoms with Crippen molar-refractivity contribution >= 4 is 11.8 Å². The first-order chi connectivity index (χ1) is 16.1. The third-order valence-electron chi connectivity index (χ3n) is 5.30. The predicted molar refractivity (Wildman–Crippen MR) is 117 cm³/mol. The third kappa shape index (κ3) is 4.06. The van der Waals surface area contributed by atoms with Crippen LogP contribution in [0.1, 0.15) is 33.2 Å². The summed E-state index contributed by atoms with van der Waals surface area (Å²) in [7, 11) is 0. The van der Waals surface area contributed by atoms with Crippen LogP contribution in [-0.2, 0) is 4.79 Å². The minimum atomic E-state index is -1.12. The smallest absolute Gasteiger partial charge is 0.323 e. The second-order valence-corrected chi connectivity index (χ2v) is 7.56. The first-order valence-electron chi connectivity index (χ1n) is 10.3. The van der Waals surface area contributed by atoms with Gasteiger partial charge in [-0.1, -0.05) is 24.3 Å². The van der Waals surface area contributed by atoms with E-state index in [0.29, 0.717) is 22.7 Å². The number of hydrogen-bond acceptors (Lipinski definition) is 8. The van der Waals surface area contributed by atoms with Gasteiger partial charge in [-0.15, -0.1) is 0 Å². The van der Waals surface area contributed by atoms with Gasteiger partial charge in [-0.25, -0.2) is 19.9 Å². The number of esters is 1. The number of nitrogens with zero attached hydrogens (tertiary/aromatic N) is 4. The lowest BCUT2D eigenvalue weighted by atomic mass is 9.79. The second kappa shape index (κ2) is 8.58. The van der Waals surface area contributed by atoms with Crippen molar-refractivity contribution in [3.63, 3.8) is 0 Å². The van der Waals surface area contributed by atoms with Crippen LogP contribution < -0.4 is 9.47 Å². The summed E-state index contributed by atoms with van der Waals surface area (Å²) in [5.41, 5.74) is 1.96. The fourth-order valence-corrected chi connectivity index (χ4v) is 3.74. The highest BCUT2D eigenvalue weighted by atomic mass is 16.5. The summed E-state index contributed by atoms with van der Waals surface area (Å²) in [6.07, 6.45) is 6.48. The molecule has 162 valence electrons. The number of aromatic nitrogens is 4. The van der Waals surface area contributed by atoms with Gasteiger partial charge in [0.1, 0.15) is 23.2 Å². The van der Waals surface area contributed by atoms with Crippen LogP contribution >= 0.6 is 0 Å². The number of rotatable bonds is 5. The highest BCUT2D eigenvalue weighted by Crippen LogP contribution is 2.38. The SMILES string of the molecule is Cc1cnc(Oc2ccc(C(c3ncccn3)C3C(=O)Oc4ccccc4C3=O)cc2)nc1. The lowest BCUT2D eigenvalue weighted by Gasteiger charge is -2.28. The normalized spacial score (nSPS) is 16.0. The standard InChI is InChI=1S/C25H18N4O4/c1-15-13-28-25(29-14-15)32-17-9-7-16(8-10-17)20(23-26-11-4-12-27-23)21-22(30)18-5-2-3-6-19(18)33-24(21)31/h2-14,20-21H,1H3. The van der Waals surface area contributed by atoms with E-state index in [0.717, 1.165) is 5.56 Å². The maximum Gasteiger partial charge on any atom is 0.323 e. The molecule has 1 aliphatic rings. The van der Waals surface area contributed by atoms with Gasteiger partial charge >= 0.3 is 12.0 Å². The topological polar surface area (TPSA) is 104 Å². The van der Waals surface area contributed by atoms with Gasteiger partial charge < -0.3 is 9.47 Å². The molecule has 2 atom stereocenters.